The lowest BCUT2D eigenvalue weighted by atomic mass is 9.77. The lowest BCUT2D eigenvalue weighted by Gasteiger charge is -2.44. The topological polar surface area (TPSA) is 93.1 Å². The Morgan fingerprint density at radius 2 is 1.12 bits per heavy atom. The molecule has 0 saturated carbocycles. The molecule has 0 spiro atoms. The lowest BCUT2D eigenvalue weighted by molar-refractivity contribution is -0.152. The van der Waals surface area contributed by atoms with Crippen molar-refractivity contribution in [3.63, 3.8) is 0 Å². The predicted molar refractivity (Wildman–Crippen MR) is 270 cm³/mol. The van der Waals surface area contributed by atoms with Gasteiger partial charge in [-0.25, -0.2) is 13.6 Å². The van der Waals surface area contributed by atoms with Crippen molar-refractivity contribution in [2.75, 3.05) is 32.0 Å². The van der Waals surface area contributed by atoms with Crippen LogP contribution in [0.15, 0.2) is 181 Å². The molecule has 69 heavy (non-hydrogen) atoms. The zero-order valence-corrected chi connectivity index (χ0v) is 41.6. The van der Waals surface area contributed by atoms with E-state index in [1.54, 1.807) is 14.2 Å². The molecule has 8 rings (SSSR count). The molecule has 0 aliphatic carbocycles. The summed E-state index contributed by atoms with van der Waals surface area (Å²) in [4.78, 5) is 19.0. The summed E-state index contributed by atoms with van der Waals surface area (Å²) in [7, 11) is 0.587. The number of aromatic nitrogens is 2. The summed E-state index contributed by atoms with van der Waals surface area (Å²) in [6, 6.07) is 52.7. The Kier molecular flexibility index (Phi) is 14.3. The van der Waals surface area contributed by atoms with Gasteiger partial charge < -0.3 is 28.7 Å². The number of alkyl halides is 2. The Morgan fingerprint density at radius 1 is 0.696 bits per heavy atom. The smallest absolute Gasteiger partial charge is 0.351 e. The molecule has 2 heterocycles. The zero-order chi connectivity index (χ0) is 49.0. The molecule has 13 heteroatoms. The number of nitrogens with zero attached hydrogens (tertiary/aromatic N) is 2. The van der Waals surface area contributed by atoms with E-state index in [-0.39, 0.29) is 23.3 Å². The molecule has 1 N–H and O–H groups in total. The average molecular weight is 971 g/mol. The number of anilines is 1. The lowest BCUT2D eigenvalue weighted by Crippen LogP contribution is -2.55. The van der Waals surface area contributed by atoms with Gasteiger partial charge in [0.1, 0.15) is 34.3 Å². The first kappa shape index (κ1) is 49.3. The molecular formula is C56H58ClF2N3O6Si. The second-order valence-corrected chi connectivity index (χ2v) is 23.9. The van der Waals surface area contributed by atoms with Gasteiger partial charge in [0.25, 0.3) is 0 Å². The van der Waals surface area contributed by atoms with Crippen LogP contribution in [0, 0.1) is 5.82 Å². The van der Waals surface area contributed by atoms with Gasteiger partial charge in [-0.1, -0.05) is 166 Å². The summed E-state index contributed by atoms with van der Waals surface area (Å²) >= 11 is 7.04. The van der Waals surface area contributed by atoms with Crippen LogP contribution in [0.1, 0.15) is 60.4 Å². The van der Waals surface area contributed by atoms with Crippen molar-refractivity contribution in [2.24, 2.45) is 0 Å². The zero-order valence-electron chi connectivity index (χ0n) is 39.9. The molecule has 9 nitrogen and oxygen atoms in total. The number of nitrogens with one attached hydrogen (secondary N) is 1. The van der Waals surface area contributed by atoms with Gasteiger partial charge in [-0.2, -0.15) is 4.98 Å². The first-order valence-electron chi connectivity index (χ1n) is 22.9. The number of hydrogen-bond donors (Lipinski definition) is 1. The fourth-order valence-electron chi connectivity index (χ4n) is 8.87. The maximum absolute atomic E-state index is 18.4. The van der Waals surface area contributed by atoms with E-state index in [1.807, 2.05) is 170 Å². The van der Waals surface area contributed by atoms with E-state index in [4.69, 9.17) is 35.0 Å². The summed E-state index contributed by atoms with van der Waals surface area (Å²) in [5.74, 6) is -0.377. The highest BCUT2D eigenvalue weighted by Gasteiger charge is 2.61. The van der Waals surface area contributed by atoms with Crippen LogP contribution in [0.25, 0.3) is 0 Å². The summed E-state index contributed by atoms with van der Waals surface area (Å²) in [5, 5.41) is 3.10. The Balaban J connectivity index is 1.28. The van der Waals surface area contributed by atoms with Crippen molar-refractivity contribution >= 4 is 25.7 Å². The minimum absolute atomic E-state index is 0.195. The van der Waals surface area contributed by atoms with Crippen LogP contribution in [0.4, 0.5) is 14.6 Å². The van der Waals surface area contributed by atoms with E-state index >= 15 is 8.78 Å². The fourth-order valence-corrected chi connectivity index (χ4v) is 10.2. The highest BCUT2D eigenvalue weighted by atomic mass is 35.5. The normalized spacial score (nSPS) is 18.7. The van der Waals surface area contributed by atoms with E-state index in [0.29, 0.717) is 33.8 Å². The van der Waals surface area contributed by atoms with Crippen LogP contribution in [-0.2, 0) is 25.0 Å². The largest absolute Gasteiger partial charge is 0.497 e. The molecule has 358 valence electrons. The number of ether oxygens (including phenoxy) is 4. The first-order valence-corrected chi connectivity index (χ1v) is 26.3. The molecule has 1 saturated heterocycles. The maximum atomic E-state index is 18.4. The number of benzene rings is 6. The monoisotopic (exact) mass is 969 g/mol. The van der Waals surface area contributed by atoms with Gasteiger partial charge >= 0.3 is 5.69 Å². The minimum atomic E-state index is -2.58. The highest BCUT2D eigenvalue weighted by molar-refractivity contribution is 6.74. The summed E-state index contributed by atoms with van der Waals surface area (Å²) in [5.41, 5.74) is -1.26. The van der Waals surface area contributed by atoms with Gasteiger partial charge in [0.2, 0.25) is 0 Å². The van der Waals surface area contributed by atoms with Crippen molar-refractivity contribution in [1.29, 1.82) is 0 Å². The van der Waals surface area contributed by atoms with Gasteiger partial charge in [0.05, 0.1) is 32.9 Å². The van der Waals surface area contributed by atoms with Crippen LogP contribution in [0.3, 0.4) is 0 Å². The Bertz CT molecular complexity index is 2780. The Morgan fingerprint density at radius 3 is 1.55 bits per heavy atom. The number of halogens is 3. The average Bonchev–Trinajstić information content (AvgIpc) is 3.65. The second kappa shape index (κ2) is 20.1. The number of methoxy groups -OCH3 is 2. The summed E-state index contributed by atoms with van der Waals surface area (Å²) in [6.07, 6.45) is -4.46. The van der Waals surface area contributed by atoms with Gasteiger partial charge in [-0.15, -0.1) is 11.6 Å². The van der Waals surface area contributed by atoms with Crippen LogP contribution in [0.5, 0.6) is 11.5 Å². The van der Waals surface area contributed by atoms with Gasteiger partial charge in [-0.05, 0) is 75.8 Å². The Labute approximate surface area is 409 Å². The van der Waals surface area contributed by atoms with Crippen molar-refractivity contribution in [1.82, 2.24) is 9.55 Å². The standard InChI is InChI=1S/C56H58ClF2N3O6Si/c1-53(2,3)69(6,7)66-38-54(37-57)49(67-56(42-24-16-10-17-25-42,43-26-18-11-19-27-43)44-30-34-46(65-5)35-31-44)48(59)51(68-54)62-36-47(58)50(60-52(62)63)61-55(39-20-12-8-13-21-39,40-22-14-9-15-23-40)41-28-32-45(64-4)33-29-41/h8-36,48-49,51H,37-38H2,1-7H3,(H,60,61,63)/t48-,49-,51+,54+/m0/s1. The molecule has 4 atom stereocenters. The van der Waals surface area contributed by atoms with Crippen LogP contribution in [-0.4, -0.2) is 62.5 Å². The second-order valence-electron chi connectivity index (χ2n) is 18.8. The van der Waals surface area contributed by atoms with Crippen molar-refractivity contribution in [3.8, 4) is 11.5 Å². The molecule has 0 amide bonds. The molecule has 1 aliphatic rings. The van der Waals surface area contributed by atoms with Gasteiger partial charge in [0.15, 0.2) is 32.4 Å². The molecule has 0 bridgehead atoms. The summed E-state index contributed by atoms with van der Waals surface area (Å²) in [6.45, 7) is 10.2. The van der Waals surface area contributed by atoms with Crippen LogP contribution < -0.4 is 20.5 Å². The fraction of sp³-hybridized carbons (Fsp3) is 0.286. The third-order valence-corrected chi connectivity index (χ3v) is 18.7. The van der Waals surface area contributed by atoms with Crippen LogP contribution >= 0.6 is 11.6 Å². The van der Waals surface area contributed by atoms with Crippen molar-refractivity contribution in [3.05, 3.63) is 226 Å². The number of hydrogen-bond acceptors (Lipinski definition) is 8. The van der Waals surface area contributed by atoms with Gasteiger partial charge in [-0.3, -0.25) is 4.57 Å². The predicted octanol–water partition coefficient (Wildman–Crippen LogP) is 12.0. The molecule has 6 aromatic carbocycles. The van der Waals surface area contributed by atoms with E-state index < -0.39 is 55.1 Å². The first-order chi connectivity index (χ1) is 33.1. The third-order valence-electron chi connectivity index (χ3n) is 13.7. The Hall–Kier alpha value is -6.15. The molecule has 1 aromatic heterocycles. The SMILES string of the molecule is COc1ccc(C(Nc2nc(=O)n([C@@H]3O[C@](CCl)(CO[Si](C)(C)C(C)(C)C)[C@@H](OC(c4ccccc4)(c4ccccc4)c4ccc(OC)cc4)[C@@H]3F)cc2F)(c2ccccc2)c2ccccc2)cc1. The van der Waals surface area contributed by atoms with E-state index in [9.17, 15) is 4.79 Å². The van der Waals surface area contributed by atoms with Crippen LogP contribution in [0.2, 0.25) is 18.1 Å². The quantitative estimate of drug-likeness (QED) is 0.0548. The van der Waals surface area contributed by atoms with Crippen molar-refractivity contribution in [2.45, 2.75) is 74.1 Å². The maximum Gasteiger partial charge on any atom is 0.351 e. The molecule has 7 aromatic rings. The van der Waals surface area contributed by atoms with Crippen molar-refractivity contribution < 1.29 is 32.2 Å². The van der Waals surface area contributed by atoms with Gasteiger partial charge in [0, 0.05) is 0 Å². The molecule has 0 radical (unpaired) electrons. The van der Waals surface area contributed by atoms with E-state index in [0.717, 1.165) is 21.9 Å². The number of rotatable bonds is 17. The molecule has 0 unspecified atom stereocenters. The summed E-state index contributed by atoms with van der Waals surface area (Å²) < 4.78 is 68.6. The molecule has 1 aliphatic heterocycles. The highest BCUT2D eigenvalue weighted by Crippen LogP contribution is 2.50. The third kappa shape index (κ3) is 9.36. The minimum Gasteiger partial charge on any atom is -0.497 e. The molecule has 1 fully saturated rings. The van der Waals surface area contributed by atoms with E-state index in [2.05, 4.69) is 44.2 Å². The van der Waals surface area contributed by atoms with E-state index in [1.165, 1.54) is 0 Å². The molecular weight excluding hydrogens is 912 g/mol.